The number of hydrogen-bond donors (Lipinski definition) is 1. The molecule has 0 saturated heterocycles. The second-order valence-electron chi connectivity index (χ2n) is 5.86. The van der Waals surface area contributed by atoms with Gasteiger partial charge < -0.3 is 0 Å². The molecule has 4 nitrogen and oxygen atoms in total. The zero-order valence-electron chi connectivity index (χ0n) is 12.3. The number of hydrogen-bond acceptors (Lipinski definition) is 5. The highest BCUT2D eigenvalue weighted by atomic mass is 35.5. The Kier molecular flexibility index (Phi) is 3.92. The van der Waals surface area contributed by atoms with Gasteiger partial charge in [-0.3, -0.25) is 10.1 Å². The van der Waals surface area contributed by atoms with Crippen molar-refractivity contribution in [1.82, 2.24) is 10.2 Å². The highest BCUT2D eigenvalue weighted by Gasteiger charge is 2.22. The van der Waals surface area contributed by atoms with E-state index < -0.39 is 0 Å². The van der Waals surface area contributed by atoms with E-state index in [1.807, 2.05) is 24.3 Å². The molecule has 0 spiro atoms. The molecule has 1 amide bonds. The molecule has 2 aromatic heterocycles. The van der Waals surface area contributed by atoms with Crippen LogP contribution in [0.1, 0.15) is 35.5 Å². The molecule has 1 aromatic carbocycles. The van der Waals surface area contributed by atoms with Crippen LogP contribution in [0.15, 0.2) is 24.3 Å². The maximum absolute atomic E-state index is 12.4. The molecule has 3 rings (SSSR count). The van der Waals surface area contributed by atoms with Crippen LogP contribution in [0.3, 0.4) is 0 Å². The van der Waals surface area contributed by atoms with Crippen LogP contribution in [0.4, 0.5) is 5.13 Å². The average Bonchev–Trinajstić information content (AvgIpc) is 3.04. The molecule has 0 aliphatic heterocycles. The lowest BCUT2D eigenvalue weighted by molar-refractivity contribution is 0.103. The minimum atomic E-state index is -0.247. The van der Waals surface area contributed by atoms with E-state index in [1.165, 1.54) is 22.7 Å². The molecule has 0 aliphatic rings. The van der Waals surface area contributed by atoms with E-state index in [2.05, 4.69) is 36.3 Å². The molecule has 0 bridgehead atoms. The van der Waals surface area contributed by atoms with Crippen molar-refractivity contribution in [3.63, 3.8) is 0 Å². The zero-order valence-corrected chi connectivity index (χ0v) is 14.7. The van der Waals surface area contributed by atoms with Gasteiger partial charge in [-0.1, -0.05) is 61.9 Å². The van der Waals surface area contributed by atoms with Crippen LogP contribution in [0.5, 0.6) is 0 Å². The third-order valence-electron chi connectivity index (χ3n) is 3.03. The summed E-state index contributed by atoms with van der Waals surface area (Å²) in [4.78, 5) is 12.9. The van der Waals surface area contributed by atoms with Crippen molar-refractivity contribution >= 4 is 55.4 Å². The molecule has 22 heavy (non-hydrogen) atoms. The molecule has 0 fully saturated rings. The Morgan fingerprint density at radius 1 is 1.18 bits per heavy atom. The number of nitrogens with one attached hydrogen (secondary N) is 1. The first-order valence-corrected chi connectivity index (χ1v) is 8.70. The number of rotatable bonds is 2. The van der Waals surface area contributed by atoms with Crippen molar-refractivity contribution < 1.29 is 4.79 Å². The molecule has 0 saturated carbocycles. The normalized spacial score (nSPS) is 11.8. The number of halogens is 1. The number of fused-ring (bicyclic) bond motifs is 1. The van der Waals surface area contributed by atoms with Gasteiger partial charge in [0.25, 0.3) is 5.91 Å². The van der Waals surface area contributed by atoms with Gasteiger partial charge in [0.2, 0.25) is 5.13 Å². The molecule has 7 heteroatoms. The first-order chi connectivity index (χ1) is 10.4. The van der Waals surface area contributed by atoms with Crippen LogP contribution in [-0.2, 0) is 5.41 Å². The maximum Gasteiger partial charge on any atom is 0.269 e. The van der Waals surface area contributed by atoms with E-state index in [0.717, 1.165) is 15.1 Å². The fourth-order valence-corrected chi connectivity index (χ4v) is 4.10. The lowest BCUT2D eigenvalue weighted by Gasteiger charge is -2.12. The van der Waals surface area contributed by atoms with Gasteiger partial charge in [-0.05, 0) is 6.07 Å². The lowest BCUT2D eigenvalue weighted by Crippen LogP contribution is -2.10. The van der Waals surface area contributed by atoms with Crippen LogP contribution in [0.25, 0.3) is 10.1 Å². The van der Waals surface area contributed by atoms with Crippen LogP contribution in [-0.4, -0.2) is 16.1 Å². The van der Waals surface area contributed by atoms with Gasteiger partial charge in [0.05, 0.1) is 5.02 Å². The number of anilines is 1. The van der Waals surface area contributed by atoms with Crippen molar-refractivity contribution in [3.8, 4) is 0 Å². The first kappa shape index (κ1) is 15.4. The van der Waals surface area contributed by atoms with E-state index in [-0.39, 0.29) is 11.3 Å². The number of amides is 1. The molecule has 114 valence electrons. The highest BCUT2D eigenvalue weighted by molar-refractivity contribution is 7.22. The lowest BCUT2D eigenvalue weighted by atomic mass is 9.98. The Labute approximate surface area is 141 Å². The van der Waals surface area contributed by atoms with Gasteiger partial charge in [-0.15, -0.1) is 21.5 Å². The SMILES string of the molecule is CC(C)(C)c1nnc(NC(=O)c2sc3ccccc3c2Cl)s1. The summed E-state index contributed by atoms with van der Waals surface area (Å²) in [6, 6.07) is 7.69. The van der Waals surface area contributed by atoms with Gasteiger partial charge in [0.15, 0.2) is 0 Å². The summed E-state index contributed by atoms with van der Waals surface area (Å²) in [7, 11) is 0. The van der Waals surface area contributed by atoms with Gasteiger partial charge in [0, 0.05) is 15.5 Å². The number of thiophene rings is 1. The van der Waals surface area contributed by atoms with Gasteiger partial charge in [-0.25, -0.2) is 0 Å². The molecule has 0 aliphatic carbocycles. The minimum Gasteiger partial charge on any atom is -0.296 e. The van der Waals surface area contributed by atoms with Crippen LogP contribution in [0.2, 0.25) is 5.02 Å². The van der Waals surface area contributed by atoms with Crippen LogP contribution in [0, 0.1) is 0 Å². The summed E-state index contributed by atoms with van der Waals surface area (Å²) in [5, 5.41) is 13.7. The van der Waals surface area contributed by atoms with Crippen LogP contribution >= 0.6 is 34.3 Å². The monoisotopic (exact) mass is 351 g/mol. The van der Waals surface area contributed by atoms with E-state index in [9.17, 15) is 4.79 Å². The largest absolute Gasteiger partial charge is 0.296 e. The van der Waals surface area contributed by atoms with Crippen molar-refractivity contribution in [1.29, 1.82) is 0 Å². The number of carbonyl (C=O) groups is 1. The molecule has 0 atom stereocenters. The van der Waals surface area contributed by atoms with E-state index in [0.29, 0.717) is 15.0 Å². The topological polar surface area (TPSA) is 54.9 Å². The summed E-state index contributed by atoms with van der Waals surface area (Å²) in [5.41, 5.74) is -0.0874. The standard InChI is InChI=1S/C15H14ClN3OS2/c1-15(2,3)13-18-19-14(22-13)17-12(20)11-10(16)8-6-4-5-7-9(8)21-11/h4-7H,1-3H3,(H,17,19,20). The molecule has 1 N–H and O–H groups in total. The van der Waals surface area contributed by atoms with Crippen molar-refractivity contribution in [3.05, 3.63) is 39.2 Å². The van der Waals surface area contributed by atoms with Gasteiger partial charge in [-0.2, -0.15) is 0 Å². The van der Waals surface area contributed by atoms with E-state index in [1.54, 1.807) is 0 Å². The summed E-state index contributed by atoms with van der Waals surface area (Å²) in [5.74, 6) is -0.247. The fourth-order valence-electron chi connectivity index (χ4n) is 1.89. The van der Waals surface area contributed by atoms with Crippen molar-refractivity contribution in [2.75, 3.05) is 5.32 Å². The van der Waals surface area contributed by atoms with Crippen molar-refractivity contribution in [2.45, 2.75) is 26.2 Å². The van der Waals surface area contributed by atoms with Crippen LogP contribution < -0.4 is 5.32 Å². The average molecular weight is 352 g/mol. The van der Waals surface area contributed by atoms with E-state index >= 15 is 0 Å². The van der Waals surface area contributed by atoms with E-state index in [4.69, 9.17) is 11.6 Å². The first-order valence-electron chi connectivity index (χ1n) is 6.68. The highest BCUT2D eigenvalue weighted by Crippen LogP contribution is 2.36. The molecule has 0 unspecified atom stereocenters. The quantitative estimate of drug-likeness (QED) is 0.710. The summed E-state index contributed by atoms with van der Waals surface area (Å²) in [6.07, 6.45) is 0. The van der Waals surface area contributed by atoms with Gasteiger partial charge in [0.1, 0.15) is 9.88 Å². The third-order valence-corrected chi connectivity index (χ3v) is 5.97. The Morgan fingerprint density at radius 2 is 1.91 bits per heavy atom. The Hall–Kier alpha value is -1.50. The molecular weight excluding hydrogens is 338 g/mol. The number of nitrogens with zero attached hydrogens (tertiary/aromatic N) is 2. The molecule has 0 radical (unpaired) electrons. The number of benzene rings is 1. The molecule has 3 aromatic rings. The predicted molar refractivity (Wildman–Crippen MR) is 93.4 cm³/mol. The summed E-state index contributed by atoms with van der Waals surface area (Å²) >= 11 is 9.07. The second kappa shape index (κ2) is 5.61. The smallest absolute Gasteiger partial charge is 0.269 e. The molecular formula is C15H14ClN3OS2. The molecule has 2 heterocycles. The van der Waals surface area contributed by atoms with Crippen molar-refractivity contribution in [2.24, 2.45) is 0 Å². The number of carbonyl (C=O) groups excluding carboxylic acids is 1. The second-order valence-corrected chi connectivity index (χ2v) is 8.27. The number of aromatic nitrogens is 2. The third kappa shape index (κ3) is 2.86. The fraction of sp³-hybridized carbons (Fsp3) is 0.267. The van der Waals surface area contributed by atoms with Gasteiger partial charge >= 0.3 is 0 Å². The minimum absolute atomic E-state index is 0.0874. The summed E-state index contributed by atoms with van der Waals surface area (Å²) < 4.78 is 0.991. The zero-order chi connectivity index (χ0) is 15.9. The summed E-state index contributed by atoms with van der Waals surface area (Å²) in [6.45, 7) is 6.17. The maximum atomic E-state index is 12.4. The predicted octanol–water partition coefficient (Wildman–Crippen LogP) is 4.96. The Bertz CT molecular complexity index is 848. The Balaban J connectivity index is 1.87. The Morgan fingerprint density at radius 3 is 2.55 bits per heavy atom.